The number of nitrogens with one attached hydrogen (secondary N) is 3. The predicted molar refractivity (Wildman–Crippen MR) is 125 cm³/mol. The third kappa shape index (κ3) is 7.86. The van der Waals surface area contributed by atoms with Crippen molar-refractivity contribution in [2.75, 3.05) is 31.5 Å². The minimum absolute atomic E-state index is 0. The van der Waals surface area contributed by atoms with Crippen LogP contribution in [-0.2, 0) is 0 Å². The van der Waals surface area contributed by atoms with Crippen molar-refractivity contribution in [2.24, 2.45) is 0 Å². The van der Waals surface area contributed by atoms with Crippen LogP contribution in [0.4, 0.5) is 5.69 Å². The highest BCUT2D eigenvalue weighted by atomic mass is 35.5. The maximum absolute atomic E-state index is 6.19. The molecule has 8 heteroatoms. The molecule has 0 bridgehead atoms. The van der Waals surface area contributed by atoms with Crippen LogP contribution in [0.25, 0.3) is 0 Å². The van der Waals surface area contributed by atoms with Gasteiger partial charge in [0.25, 0.3) is 0 Å². The summed E-state index contributed by atoms with van der Waals surface area (Å²) in [5.41, 5.74) is 2.40. The first kappa shape index (κ1) is 26.6. The van der Waals surface area contributed by atoms with E-state index in [4.69, 9.17) is 23.2 Å². The van der Waals surface area contributed by atoms with Gasteiger partial charge in [-0.2, -0.15) is 0 Å². The Hall–Kier alpha value is -0.390. The molecular weight excluding hydrogens is 447 g/mol. The Kier molecular flexibility index (Phi) is 13.5. The van der Waals surface area contributed by atoms with Gasteiger partial charge in [-0.15, -0.1) is 37.2 Å². The normalized spacial score (nSPS) is 18.4. The molecule has 1 saturated heterocycles. The van der Waals surface area contributed by atoms with E-state index in [1.165, 1.54) is 5.56 Å². The van der Waals surface area contributed by atoms with E-state index in [0.29, 0.717) is 22.0 Å². The smallest absolute Gasteiger partial charge is 0.0595 e. The molecule has 1 heterocycles. The lowest BCUT2D eigenvalue weighted by Gasteiger charge is -2.33. The summed E-state index contributed by atoms with van der Waals surface area (Å²) in [5.74, 6) is 0.408. The lowest BCUT2D eigenvalue weighted by Crippen LogP contribution is -2.47. The van der Waals surface area contributed by atoms with Crippen LogP contribution in [0, 0.1) is 0 Å². The molecule has 3 rings (SSSR count). The Morgan fingerprint density at radius 3 is 2.37 bits per heavy atom. The number of hydrogen-bond donors (Lipinski definition) is 3. The van der Waals surface area contributed by atoms with Crippen LogP contribution >= 0.6 is 60.4 Å². The zero-order valence-electron chi connectivity index (χ0n) is 14.8. The van der Waals surface area contributed by atoms with E-state index >= 15 is 0 Å². The average Bonchev–Trinajstić information content (AvgIpc) is 2.62. The second-order valence-corrected chi connectivity index (χ2v) is 6.94. The molecule has 0 unspecified atom stereocenters. The second-order valence-electron chi connectivity index (χ2n) is 6.13. The van der Waals surface area contributed by atoms with Gasteiger partial charge in [0.2, 0.25) is 0 Å². The van der Waals surface area contributed by atoms with Gasteiger partial charge in [-0.25, -0.2) is 0 Å². The van der Waals surface area contributed by atoms with E-state index in [0.717, 1.165) is 38.3 Å². The zero-order chi connectivity index (χ0) is 16.8. The first-order chi connectivity index (χ1) is 11.7. The highest BCUT2D eigenvalue weighted by Gasteiger charge is 2.26. The van der Waals surface area contributed by atoms with E-state index in [2.05, 4.69) is 34.1 Å². The van der Waals surface area contributed by atoms with Gasteiger partial charge >= 0.3 is 0 Å². The fourth-order valence-corrected chi connectivity index (χ4v) is 3.52. The van der Waals surface area contributed by atoms with E-state index in [1.54, 1.807) is 0 Å². The van der Waals surface area contributed by atoms with Gasteiger partial charge in [0.1, 0.15) is 0 Å². The quantitative estimate of drug-likeness (QED) is 0.491. The summed E-state index contributed by atoms with van der Waals surface area (Å²) in [6.07, 6.45) is 1.11. The summed E-state index contributed by atoms with van der Waals surface area (Å²) >= 11 is 12.2. The molecule has 1 aliphatic rings. The fourth-order valence-electron chi connectivity index (χ4n) is 3.22. The van der Waals surface area contributed by atoms with Gasteiger partial charge in [-0.3, -0.25) is 0 Å². The molecule has 0 aliphatic carbocycles. The number of benzene rings is 2. The number of halogens is 5. The first-order valence-electron chi connectivity index (χ1n) is 8.42. The molecule has 0 amide bonds. The summed E-state index contributed by atoms with van der Waals surface area (Å²) in [4.78, 5) is 0. The molecule has 3 N–H and O–H groups in total. The van der Waals surface area contributed by atoms with Crippen molar-refractivity contribution in [3.8, 4) is 0 Å². The van der Waals surface area contributed by atoms with Crippen molar-refractivity contribution < 1.29 is 0 Å². The minimum Gasteiger partial charge on any atom is -0.384 e. The van der Waals surface area contributed by atoms with E-state index in [-0.39, 0.29) is 37.2 Å². The number of hydrogen-bond acceptors (Lipinski definition) is 3. The van der Waals surface area contributed by atoms with Crippen LogP contribution in [0.5, 0.6) is 0 Å². The van der Waals surface area contributed by atoms with Crippen molar-refractivity contribution in [3.63, 3.8) is 0 Å². The third-order valence-electron chi connectivity index (χ3n) is 4.49. The Morgan fingerprint density at radius 2 is 1.67 bits per heavy atom. The van der Waals surface area contributed by atoms with Crippen LogP contribution in [0.2, 0.25) is 10.0 Å². The van der Waals surface area contributed by atoms with E-state index in [1.807, 2.05) is 30.3 Å². The van der Waals surface area contributed by atoms with E-state index in [9.17, 15) is 0 Å². The largest absolute Gasteiger partial charge is 0.384 e. The third-order valence-corrected chi connectivity index (χ3v) is 5.23. The van der Waals surface area contributed by atoms with Crippen LogP contribution in [0.3, 0.4) is 0 Å². The Bertz CT molecular complexity index is 657. The van der Waals surface area contributed by atoms with Crippen LogP contribution in [-0.4, -0.2) is 32.2 Å². The first-order valence-corrected chi connectivity index (χ1v) is 9.17. The Labute approximate surface area is 190 Å². The monoisotopic (exact) mass is 471 g/mol. The Balaban J connectivity index is 0.00000225. The van der Waals surface area contributed by atoms with Crippen molar-refractivity contribution >= 4 is 66.1 Å². The molecule has 3 nitrogen and oxygen atoms in total. The molecule has 1 aliphatic heterocycles. The molecule has 2 atom stereocenters. The van der Waals surface area contributed by atoms with Crippen molar-refractivity contribution in [1.82, 2.24) is 10.6 Å². The summed E-state index contributed by atoms with van der Waals surface area (Å²) < 4.78 is 0. The zero-order valence-corrected chi connectivity index (χ0v) is 18.8. The summed E-state index contributed by atoms with van der Waals surface area (Å²) in [6, 6.07) is 16.7. The lowest BCUT2D eigenvalue weighted by molar-refractivity contribution is 0.346. The lowest BCUT2D eigenvalue weighted by atomic mass is 9.87. The molecule has 2 aromatic carbocycles. The number of anilines is 1. The predicted octanol–water partition coefficient (Wildman–Crippen LogP) is 5.41. The van der Waals surface area contributed by atoms with Gasteiger partial charge in [0.15, 0.2) is 0 Å². The number of piperidine rings is 1. The van der Waals surface area contributed by atoms with Crippen LogP contribution in [0.1, 0.15) is 17.9 Å². The summed E-state index contributed by atoms with van der Waals surface area (Å²) in [5, 5.41) is 11.9. The van der Waals surface area contributed by atoms with Gasteiger partial charge in [-0.1, -0.05) is 47.5 Å². The molecule has 2 aromatic rings. The SMILES string of the molecule is Cl.Cl.Cl.Clc1ccc([C@@H]2CNCC[C@H]2NCCNc2ccccc2)cc1Cl. The second kappa shape index (κ2) is 13.7. The van der Waals surface area contributed by atoms with E-state index < -0.39 is 0 Å². The Morgan fingerprint density at radius 1 is 0.926 bits per heavy atom. The standard InChI is InChI=1S/C19H23Cl2N3.3ClH/c20-17-7-6-14(12-18(17)21)16-13-22-9-8-19(16)24-11-10-23-15-4-2-1-3-5-15;;;/h1-7,12,16,19,22-24H,8-11,13H2;3*1H/t16-,19+;;;/m0.../s1. The van der Waals surface area contributed by atoms with Crippen LogP contribution < -0.4 is 16.0 Å². The molecule has 1 fully saturated rings. The van der Waals surface area contributed by atoms with Gasteiger partial charge in [0.05, 0.1) is 10.0 Å². The highest BCUT2D eigenvalue weighted by Crippen LogP contribution is 2.29. The molecule has 0 radical (unpaired) electrons. The topological polar surface area (TPSA) is 36.1 Å². The maximum Gasteiger partial charge on any atom is 0.0595 e. The highest BCUT2D eigenvalue weighted by molar-refractivity contribution is 6.42. The molecule has 0 saturated carbocycles. The molecule has 0 aromatic heterocycles. The van der Waals surface area contributed by atoms with Crippen molar-refractivity contribution in [3.05, 3.63) is 64.1 Å². The maximum atomic E-state index is 6.19. The van der Waals surface area contributed by atoms with Gasteiger partial charge in [0, 0.05) is 37.3 Å². The van der Waals surface area contributed by atoms with Gasteiger partial charge in [-0.05, 0) is 42.8 Å². The summed E-state index contributed by atoms with van der Waals surface area (Å²) in [6.45, 7) is 3.84. The summed E-state index contributed by atoms with van der Waals surface area (Å²) in [7, 11) is 0. The van der Waals surface area contributed by atoms with Crippen molar-refractivity contribution in [1.29, 1.82) is 0 Å². The number of rotatable bonds is 6. The molecule has 152 valence electrons. The minimum atomic E-state index is 0. The van der Waals surface area contributed by atoms with Crippen molar-refractivity contribution in [2.45, 2.75) is 18.4 Å². The molecular formula is C19H26Cl5N3. The fraction of sp³-hybridized carbons (Fsp3) is 0.368. The molecule has 27 heavy (non-hydrogen) atoms. The molecule has 0 spiro atoms. The van der Waals surface area contributed by atoms with Crippen LogP contribution in [0.15, 0.2) is 48.5 Å². The number of para-hydroxylation sites is 1. The average molecular weight is 474 g/mol. The van der Waals surface area contributed by atoms with Gasteiger partial charge < -0.3 is 16.0 Å².